The van der Waals surface area contributed by atoms with Crippen molar-refractivity contribution in [3.8, 4) is 5.75 Å². The molecular formula is C15H16F3N3O. The molecule has 0 saturated carbocycles. The number of hydrogen-bond donors (Lipinski definition) is 0. The zero-order chi connectivity index (χ0) is 16.5. The lowest BCUT2D eigenvalue weighted by molar-refractivity contribution is -0.274. The van der Waals surface area contributed by atoms with Gasteiger partial charge in [0.2, 0.25) is 0 Å². The molecule has 7 heteroatoms. The van der Waals surface area contributed by atoms with Crippen molar-refractivity contribution in [2.45, 2.75) is 20.2 Å². The van der Waals surface area contributed by atoms with Crippen molar-refractivity contribution < 1.29 is 17.9 Å². The van der Waals surface area contributed by atoms with Crippen LogP contribution >= 0.6 is 0 Å². The number of aromatic nitrogens is 2. The molecule has 2 aromatic rings. The van der Waals surface area contributed by atoms with E-state index in [9.17, 15) is 13.2 Å². The van der Waals surface area contributed by atoms with Gasteiger partial charge in [-0.3, -0.25) is 9.58 Å². The predicted octanol–water partition coefficient (Wildman–Crippen LogP) is 4.30. The lowest BCUT2D eigenvalue weighted by Gasteiger charge is -2.24. The topological polar surface area (TPSA) is 30.3 Å². The summed E-state index contributed by atoms with van der Waals surface area (Å²) in [6, 6.07) is 7.48. The van der Waals surface area contributed by atoms with Crippen LogP contribution in [0.3, 0.4) is 0 Å². The average Bonchev–Trinajstić information content (AvgIpc) is 2.69. The van der Waals surface area contributed by atoms with Gasteiger partial charge in [-0.15, -0.1) is 13.2 Å². The number of halogens is 3. The van der Waals surface area contributed by atoms with E-state index in [1.54, 1.807) is 16.6 Å². The van der Waals surface area contributed by atoms with E-state index in [1.165, 1.54) is 24.3 Å². The Bertz CT molecular complexity index is 674. The minimum atomic E-state index is -4.70. The van der Waals surface area contributed by atoms with Gasteiger partial charge in [-0.2, -0.15) is 5.10 Å². The molecule has 1 aromatic carbocycles. The molecule has 0 unspecified atom stereocenters. The van der Waals surface area contributed by atoms with Gasteiger partial charge in [-0.25, -0.2) is 0 Å². The van der Waals surface area contributed by atoms with Crippen LogP contribution in [-0.2, 0) is 7.05 Å². The van der Waals surface area contributed by atoms with Gasteiger partial charge in [-0.1, -0.05) is 6.58 Å². The normalized spacial score (nSPS) is 11.4. The third-order valence-corrected chi connectivity index (χ3v) is 2.92. The molecular weight excluding hydrogens is 295 g/mol. The average molecular weight is 311 g/mol. The highest BCUT2D eigenvalue weighted by Crippen LogP contribution is 2.31. The second kappa shape index (κ2) is 5.75. The second-order valence-corrected chi connectivity index (χ2v) is 4.88. The van der Waals surface area contributed by atoms with E-state index in [2.05, 4.69) is 16.4 Å². The number of hydrogen-bond acceptors (Lipinski definition) is 3. The summed E-state index contributed by atoms with van der Waals surface area (Å²) in [4.78, 5) is 1.80. The first-order chi connectivity index (χ1) is 10.2. The lowest BCUT2D eigenvalue weighted by Crippen LogP contribution is -2.18. The summed E-state index contributed by atoms with van der Waals surface area (Å²) in [5, 5.41) is 4.27. The Labute approximate surface area is 126 Å². The minimum Gasteiger partial charge on any atom is -0.406 e. The molecule has 0 N–H and O–H groups in total. The largest absolute Gasteiger partial charge is 0.573 e. The Morgan fingerprint density at radius 1 is 1.27 bits per heavy atom. The van der Waals surface area contributed by atoms with Crippen LogP contribution in [0.15, 0.2) is 42.6 Å². The molecule has 22 heavy (non-hydrogen) atoms. The zero-order valence-corrected chi connectivity index (χ0v) is 12.5. The smallest absolute Gasteiger partial charge is 0.406 e. The molecule has 118 valence electrons. The summed E-state index contributed by atoms with van der Waals surface area (Å²) >= 11 is 0. The summed E-state index contributed by atoms with van der Waals surface area (Å²) in [7, 11) is 1.79. The molecule has 0 atom stereocenters. The fourth-order valence-electron chi connectivity index (χ4n) is 2.15. The quantitative estimate of drug-likeness (QED) is 0.843. The number of alkyl halides is 3. The number of allylic oxidation sites excluding steroid dienone is 1. The molecule has 0 fully saturated rings. The Balaban J connectivity index is 2.34. The molecule has 1 aromatic heterocycles. The van der Waals surface area contributed by atoms with Gasteiger partial charge in [0.15, 0.2) is 0 Å². The van der Waals surface area contributed by atoms with Crippen LogP contribution in [0.5, 0.6) is 5.75 Å². The van der Waals surface area contributed by atoms with E-state index < -0.39 is 6.36 Å². The summed E-state index contributed by atoms with van der Waals surface area (Å²) in [6.07, 6.45) is -4.70. The number of anilines is 2. The van der Waals surface area contributed by atoms with Gasteiger partial charge < -0.3 is 4.74 Å². The first-order valence-electron chi connectivity index (χ1n) is 6.49. The number of aryl methyl sites for hydroxylation is 2. The van der Waals surface area contributed by atoms with Crippen LogP contribution in [0, 0.1) is 6.92 Å². The number of nitrogens with zero attached hydrogens (tertiary/aromatic N) is 3. The van der Waals surface area contributed by atoms with Crippen molar-refractivity contribution in [1.29, 1.82) is 0 Å². The van der Waals surface area contributed by atoms with Gasteiger partial charge in [-0.05, 0) is 38.1 Å². The van der Waals surface area contributed by atoms with Gasteiger partial charge in [0.05, 0.1) is 5.69 Å². The lowest BCUT2D eigenvalue weighted by atomic mass is 10.2. The van der Waals surface area contributed by atoms with Crippen LogP contribution in [0.1, 0.15) is 12.6 Å². The number of benzene rings is 1. The van der Waals surface area contributed by atoms with Crippen molar-refractivity contribution in [2.75, 3.05) is 4.90 Å². The Morgan fingerprint density at radius 2 is 1.86 bits per heavy atom. The van der Waals surface area contributed by atoms with E-state index in [4.69, 9.17) is 0 Å². The van der Waals surface area contributed by atoms with E-state index in [-0.39, 0.29) is 5.75 Å². The summed E-state index contributed by atoms with van der Waals surface area (Å²) in [6.45, 7) is 7.58. The molecule has 0 radical (unpaired) electrons. The van der Waals surface area contributed by atoms with Gasteiger partial charge >= 0.3 is 6.36 Å². The number of ether oxygens (including phenoxy) is 1. The van der Waals surface area contributed by atoms with Crippen molar-refractivity contribution in [2.24, 2.45) is 7.05 Å². The molecule has 0 bridgehead atoms. The summed E-state index contributed by atoms with van der Waals surface area (Å²) in [5.41, 5.74) is 2.22. The SMILES string of the molecule is C=C(C)N(c1ccc(OC(F)(F)F)cc1)c1cc(C)nn1C. The summed E-state index contributed by atoms with van der Waals surface area (Å²) in [5.74, 6) is 0.508. The van der Waals surface area contributed by atoms with Crippen molar-refractivity contribution in [3.63, 3.8) is 0 Å². The van der Waals surface area contributed by atoms with Gasteiger partial charge in [0.25, 0.3) is 0 Å². The molecule has 0 aliphatic rings. The highest BCUT2D eigenvalue weighted by molar-refractivity contribution is 5.66. The fourth-order valence-corrected chi connectivity index (χ4v) is 2.15. The van der Waals surface area contributed by atoms with Crippen LogP contribution < -0.4 is 9.64 Å². The van der Waals surface area contributed by atoms with Crippen LogP contribution in [0.4, 0.5) is 24.7 Å². The van der Waals surface area contributed by atoms with E-state index >= 15 is 0 Å². The first-order valence-corrected chi connectivity index (χ1v) is 6.49. The molecule has 2 rings (SSSR count). The predicted molar refractivity (Wildman–Crippen MR) is 78.0 cm³/mol. The van der Waals surface area contributed by atoms with E-state index in [1.807, 2.05) is 19.9 Å². The standard InChI is InChI=1S/C15H16F3N3O/c1-10(2)21(14-9-11(3)19-20(14)4)12-5-7-13(8-6-12)22-15(16,17)18/h5-9H,1H2,2-4H3. The third-order valence-electron chi connectivity index (χ3n) is 2.92. The monoisotopic (exact) mass is 311 g/mol. The second-order valence-electron chi connectivity index (χ2n) is 4.88. The number of rotatable bonds is 4. The zero-order valence-electron chi connectivity index (χ0n) is 12.5. The molecule has 0 saturated heterocycles. The molecule has 4 nitrogen and oxygen atoms in total. The van der Waals surface area contributed by atoms with Gasteiger partial charge in [0, 0.05) is 24.5 Å². The van der Waals surface area contributed by atoms with Crippen molar-refractivity contribution in [1.82, 2.24) is 9.78 Å². The Hall–Kier alpha value is -2.44. The maximum Gasteiger partial charge on any atom is 0.573 e. The first kappa shape index (κ1) is 15.9. The maximum atomic E-state index is 12.2. The molecule has 0 spiro atoms. The fraction of sp³-hybridized carbons (Fsp3) is 0.267. The Morgan fingerprint density at radius 3 is 2.27 bits per heavy atom. The molecule has 1 heterocycles. The van der Waals surface area contributed by atoms with E-state index in [0.717, 1.165) is 11.5 Å². The van der Waals surface area contributed by atoms with Crippen molar-refractivity contribution in [3.05, 3.63) is 48.3 Å². The highest BCUT2D eigenvalue weighted by atomic mass is 19.4. The Kier molecular flexibility index (Phi) is 4.16. The maximum absolute atomic E-state index is 12.2. The van der Waals surface area contributed by atoms with Crippen LogP contribution in [0.2, 0.25) is 0 Å². The third kappa shape index (κ3) is 3.60. The van der Waals surface area contributed by atoms with Crippen molar-refractivity contribution >= 4 is 11.5 Å². The molecule has 0 aliphatic heterocycles. The minimum absolute atomic E-state index is 0.265. The highest BCUT2D eigenvalue weighted by Gasteiger charge is 2.31. The van der Waals surface area contributed by atoms with Crippen LogP contribution in [0.25, 0.3) is 0 Å². The summed E-state index contributed by atoms with van der Waals surface area (Å²) < 4.78 is 42.1. The van der Waals surface area contributed by atoms with Crippen LogP contribution in [-0.4, -0.2) is 16.1 Å². The molecule has 0 amide bonds. The van der Waals surface area contributed by atoms with Gasteiger partial charge in [0.1, 0.15) is 11.6 Å². The van der Waals surface area contributed by atoms with E-state index in [0.29, 0.717) is 11.4 Å². The molecule has 0 aliphatic carbocycles.